The summed E-state index contributed by atoms with van der Waals surface area (Å²) in [6.45, 7) is 2.51. The third-order valence-electron chi connectivity index (χ3n) is 3.23. The zero-order valence-corrected chi connectivity index (χ0v) is 11.7. The van der Waals surface area contributed by atoms with E-state index in [1.54, 1.807) is 12.3 Å². The van der Waals surface area contributed by atoms with Crippen LogP contribution in [0.4, 0.5) is 8.78 Å². The summed E-state index contributed by atoms with van der Waals surface area (Å²) in [6, 6.07) is 7.64. The quantitative estimate of drug-likeness (QED) is 0.919. The predicted octanol–water partition coefficient (Wildman–Crippen LogP) is 3.08. The first-order valence-electron chi connectivity index (χ1n) is 6.67. The Kier molecular flexibility index (Phi) is 4.96. The standard InChI is InChI=1S/C16H15F2N3/c1-2-12-4-3-5-21-16(12)10-20-9-13-14(17)6-11(8-19)7-15(13)18/h3-7,20H,2,9-10H2,1H3. The first kappa shape index (κ1) is 15.1. The Morgan fingerprint density at radius 1 is 1.24 bits per heavy atom. The van der Waals surface area contributed by atoms with Gasteiger partial charge in [0.1, 0.15) is 11.6 Å². The molecular weight excluding hydrogens is 272 g/mol. The van der Waals surface area contributed by atoms with Gasteiger partial charge in [-0.15, -0.1) is 0 Å². The fourth-order valence-electron chi connectivity index (χ4n) is 2.09. The van der Waals surface area contributed by atoms with Gasteiger partial charge in [0.05, 0.1) is 17.3 Å². The van der Waals surface area contributed by atoms with Gasteiger partial charge in [-0.3, -0.25) is 4.98 Å². The third kappa shape index (κ3) is 3.61. The SMILES string of the molecule is CCc1cccnc1CNCc1c(F)cc(C#N)cc1F. The number of hydrogen-bond acceptors (Lipinski definition) is 3. The average molecular weight is 287 g/mol. The number of benzene rings is 1. The highest BCUT2D eigenvalue weighted by Gasteiger charge is 2.11. The number of hydrogen-bond donors (Lipinski definition) is 1. The zero-order valence-electron chi connectivity index (χ0n) is 11.7. The molecule has 2 rings (SSSR count). The number of halogens is 2. The van der Waals surface area contributed by atoms with Crippen molar-refractivity contribution in [1.82, 2.24) is 10.3 Å². The first-order chi connectivity index (χ1) is 10.2. The van der Waals surface area contributed by atoms with Crippen molar-refractivity contribution in [3.63, 3.8) is 0 Å². The van der Waals surface area contributed by atoms with E-state index in [-0.39, 0.29) is 17.7 Å². The van der Waals surface area contributed by atoms with Gasteiger partial charge in [-0.2, -0.15) is 5.26 Å². The summed E-state index contributed by atoms with van der Waals surface area (Å²) in [4.78, 5) is 4.26. The molecule has 0 aliphatic carbocycles. The Bertz CT molecular complexity index is 654. The van der Waals surface area contributed by atoms with E-state index in [0.29, 0.717) is 6.54 Å². The fraction of sp³-hybridized carbons (Fsp3) is 0.250. The molecule has 1 aromatic heterocycles. The van der Waals surface area contributed by atoms with Crippen LogP contribution in [0.3, 0.4) is 0 Å². The van der Waals surface area contributed by atoms with Gasteiger partial charge in [-0.05, 0) is 30.2 Å². The molecule has 2 aromatic rings. The van der Waals surface area contributed by atoms with Crippen molar-refractivity contribution in [2.75, 3.05) is 0 Å². The minimum Gasteiger partial charge on any atom is -0.307 e. The van der Waals surface area contributed by atoms with Crippen molar-refractivity contribution < 1.29 is 8.78 Å². The summed E-state index contributed by atoms with van der Waals surface area (Å²) in [6.07, 6.45) is 2.55. The van der Waals surface area contributed by atoms with Crippen molar-refractivity contribution in [3.8, 4) is 6.07 Å². The molecule has 0 bridgehead atoms. The molecule has 0 atom stereocenters. The molecule has 0 unspecified atom stereocenters. The summed E-state index contributed by atoms with van der Waals surface area (Å²) in [7, 11) is 0. The van der Waals surface area contributed by atoms with E-state index in [9.17, 15) is 8.78 Å². The van der Waals surface area contributed by atoms with Crippen molar-refractivity contribution >= 4 is 0 Å². The molecule has 0 aliphatic heterocycles. The number of aryl methyl sites for hydroxylation is 1. The Balaban J connectivity index is 2.06. The smallest absolute Gasteiger partial charge is 0.131 e. The molecule has 0 saturated heterocycles. The van der Waals surface area contributed by atoms with Crippen LogP contribution in [0.25, 0.3) is 0 Å². The molecule has 1 N–H and O–H groups in total. The summed E-state index contributed by atoms with van der Waals surface area (Å²) >= 11 is 0. The number of nitrogens with one attached hydrogen (secondary N) is 1. The van der Waals surface area contributed by atoms with E-state index in [1.807, 2.05) is 19.1 Å². The van der Waals surface area contributed by atoms with Crippen molar-refractivity contribution in [3.05, 3.63) is 64.5 Å². The topological polar surface area (TPSA) is 48.7 Å². The molecule has 108 valence electrons. The van der Waals surface area contributed by atoms with E-state index in [4.69, 9.17) is 5.26 Å². The maximum Gasteiger partial charge on any atom is 0.131 e. The van der Waals surface area contributed by atoms with Gasteiger partial charge in [0, 0.05) is 24.8 Å². The molecule has 5 heteroatoms. The van der Waals surface area contributed by atoms with Crippen LogP contribution in [-0.4, -0.2) is 4.98 Å². The normalized spacial score (nSPS) is 10.4. The van der Waals surface area contributed by atoms with Crippen LogP contribution in [0.2, 0.25) is 0 Å². The molecule has 21 heavy (non-hydrogen) atoms. The fourth-order valence-corrected chi connectivity index (χ4v) is 2.09. The highest BCUT2D eigenvalue weighted by atomic mass is 19.1. The molecule has 0 saturated carbocycles. The lowest BCUT2D eigenvalue weighted by Gasteiger charge is -2.09. The van der Waals surface area contributed by atoms with Crippen molar-refractivity contribution in [1.29, 1.82) is 5.26 Å². The van der Waals surface area contributed by atoms with Gasteiger partial charge in [0.15, 0.2) is 0 Å². The van der Waals surface area contributed by atoms with Crippen LogP contribution in [0.1, 0.15) is 29.3 Å². The maximum absolute atomic E-state index is 13.7. The van der Waals surface area contributed by atoms with Crippen LogP contribution in [0.15, 0.2) is 30.5 Å². The lowest BCUT2D eigenvalue weighted by molar-refractivity contribution is 0.533. The lowest BCUT2D eigenvalue weighted by Crippen LogP contribution is -2.17. The van der Waals surface area contributed by atoms with Crippen LogP contribution < -0.4 is 5.32 Å². The summed E-state index contributed by atoms with van der Waals surface area (Å²) in [5.74, 6) is -1.42. The zero-order chi connectivity index (χ0) is 15.2. The van der Waals surface area contributed by atoms with Crippen LogP contribution in [0, 0.1) is 23.0 Å². The first-order valence-corrected chi connectivity index (χ1v) is 6.67. The van der Waals surface area contributed by atoms with Crippen LogP contribution in [-0.2, 0) is 19.5 Å². The molecule has 0 aliphatic rings. The monoisotopic (exact) mass is 287 g/mol. The molecule has 0 spiro atoms. The van der Waals surface area contributed by atoms with E-state index >= 15 is 0 Å². The molecule has 1 aromatic carbocycles. The van der Waals surface area contributed by atoms with Crippen molar-refractivity contribution in [2.45, 2.75) is 26.4 Å². The molecule has 1 heterocycles. The van der Waals surface area contributed by atoms with E-state index < -0.39 is 11.6 Å². The number of nitriles is 1. The predicted molar refractivity (Wildman–Crippen MR) is 75.2 cm³/mol. The number of rotatable bonds is 5. The molecule has 0 amide bonds. The van der Waals surface area contributed by atoms with E-state index in [1.165, 1.54) is 0 Å². The highest BCUT2D eigenvalue weighted by Crippen LogP contribution is 2.15. The molecule has 0 radical (unpaired) electrons. The third-order valence-corrected chi connectivity index (χ3v) is 3.23. The second-order valence-corrected chi connectivity index (χ2v) is 4.60. The van der Waals surface area contributed by atoms with Gasteiger partial charge in [-0.1, -0.05) is 13.0 Å². The Morgan fingerprint density at radius 3 is 2.57 bits per heavy atom. The van der Waals surface area contributed by atoms with Crippen LogP contribution >= 0.6 is 0 Å². The largest absolute Gasteiger partial charge is 0.307 e. The second-order valence-electron chi connectivity index (χ2n) is 4.60. The van der Waals surface area contributed by atoms with Gasteiger partial charge in [-0.25, -0.2) is 8.78 Å². The molecule has 3 nitrogen and oxygen atoms in total. The number of pyridine rings is 1. The Morgan fingerprint density at radius 2 is 1.95 bits per heavy atom. The number of nitrogens with zero attached hydrogens (tertiary/aromatic N) is 2. The van der Waals surface area contributed by atoms with E-state index in [2.05, 4.69) is 10.3 Å². The lowest BCUT2D eigenvalue weighted by atomic mass is 10.1. The van der Waals surface area contributed by atoms with Gasteiger partial charge >= 0.3 is 0 Å². The average Bonchev–Trinajstić information content (AvgIpc) is 2.50. The Hall–Kier alpha value is -2.32. The Labute approximate surface area is 122 Å². The minimum atomic E-state index is -0.712. The van der Waals surface area contributed by atoms with Gasteiger partial charge in [0.2, 0.25) is 0 Å². The highest BCUT2D eigenvalue weighted by molar-refractivity contribution is 5.34. The van der Waals surface area contributed by atoms with Crippen LogP contribution in [0.5, 0.6) is 0 Å². The van der Waals surface area contributed by atoms with Gasteiger partial charge < -0.3 is 5.32 Å². The minimum absolute atomic E-state index is 0.0215. The van der Waals surface area contributed by atoms with Gasteiger partial charge in [0.25, 0.3) is 0 Å². The summed E-state index contributed by atoms with van der Waals surface area (Å²) in [5, 5.41) is 11.6. The number of aromatic nitrogens is 1. The maximum atomic E-state index is 13.7. The second kappa shape index (κ2) is 6.91. The summed E-state index contributed by atoms with van der Waals surface area (Å²) < 4.78 is 27.4. The molecule has 0 fully saturated rings. The van der Waals surface area contributed by atoms with Crippen molar-refractivity contribution in [2.24, 2.45) is 0 Å². The molecular formula is C16H15F2N3. The summed E-state index contributed by atoms with van der Waals surface area (Å²) in [5.41, 5.74) is 1.88. The van der Waals surface area contributed by atoms with E-state index in [0.717, 1.165) is 29.8 Å².